The van der Waals surface area contributed by atoms with Crippen LogP contribution in [-0.2, 0) is 9.53 Å². The molecule has 0 amide bonds. The van der Waals surface area contributed by atoms with Crippen LogP contribution in [0.3, 0.4) is 0 Å². The molecule has 1 aliphatic heterocycles. The quantitative estimate of drug-likeness (QED) is 0.719. The molecule has 2 aliphatic rings. The third-order valence-corrected chi connectivity index (χ3v) is 4.64. The maximum Gasteiger partial charge on any atom is 0.132 e. The summed E-state index contributed by atoms with van der Waals surface area (Å²) in [6.45, 7) is 4.69. The van der Waals surface area contributed by atoms with E-state index in [4.69, 9.17) is 4.74 Å². The number of rotatable bonds is 2. The molecule has 2 nitrogen and oxygen atoms in total. The van der Waals surface area contributed by atoms with Gasteiger partial charge >= 0.3 is 0 Å². The van der Waals surface area contributed by atoms with Crippen molar-refractivity contribution in [3.8, 4) is 0 Å². The minimum absolute atomic E-state index is 0.144. The van der Waals surface area contributed by atoms with E-state index in [1.54, 1.807) is 6.92 Å². The van der Waals surface area contributed by atoms with Gasteiger partial charge in [-0.05, 0) is 38.5 Å². The second-order valence-corrected chi connectivity index (χ2v) is 5.74. The lowest BCUT2D eigenvalue weighted by Crippen LogP contribution is -2.43. The normalized spacial score (nSPS) is 31.2. The Hall–Kier alpha value is -0.370. The van der Waals surface area contributed by atoms with Crippen LogP contribution in [0.4, 0.5) is 0 Å². The summed E-state index contributed by atoms with van der Waals surface area (Å²) in [6, 6.07) is 0. The van der Waals surface area contributed by atoms with Crippen LogP contribution in [0.2, 0.25) is 0 Å². The van der Waals surface area contributed by atoms with E-state index in [1.165, 1.54) is 32.1 Å². The largest absolute Gasteiger partial charge is 0.375 e. The molecule has 2 rings (SSSR count). The highest BCUT2D eigenvalue weighted by molar-refractivity contribution is 5.78. The summed E-state index contributed by atoms with van der Waals surface area (Å²) >= 11 is 0. The summed E-state index contributed by atoms with van der Waals surface area (Å²) in [5, 5.41) is 0. The van der Waals surface area contributed by atoms with Gasteiger partial charge in [-0.3, -0.25) is 4.79 Å². The number of carbonyl (C=O) groups excluding carboxylic acids is 1. The highest BCUT2D eigenvalue weighted by atomic mass is 16.5. The molecule has 1 aliphatic carbocycles. The highest BCUT2D eigenvalue weighted by Crippen LogP contribution is 2.42. The Morgan fingerprint density at radius 2 is 2.00 bits per heavy atom. The van der Waals surface area contributed by atoms with Gasteiger partial charge < -0.3 is 4.74 Å². The molecule has 0 bridgehead atoms. The number of ketones is 1. The maximum absolute atomic E-state index is 11.5. The van der Waals surface area contributed by atoms with Gasteiger partial charge in [-0.2, -0.15) is 0 Å². The van der Waals surface area contributed by atoms with Crippen LogP contribution in [0.15, 0.2) is 0 Å². The Balaban J connectivity index is 2.00. The lowest BCUT2D eigenvalue weighted by atomic mass is 9.72. The molecule has 0 radical (unpaired) electrons. The molecule has 0 aromatic rings. The van der Waals surface area contributed by atoms with Gasteiger partial charge in [0.25, 0.3) is 0 Å². The lowest BCUT2D eigenvalue weighted by molar-refractivity contribution is -0.136. The van der Waals surface area contributed by atoms with Crippen LogP contribution in [0, 0.1) is 11.8 Å². The van der Waals surface area contributed by atoms with E-state index in [0.717, 1.165) is 19.4 Å². The average molecular weight is 224 g/mol. The standard InChI is InChI=1S/C14H24O2/c1-11(12(2)15)13-6-9-16-14(10-13)7-4-3-5-8-14/h11,13H,3-10H2,1-2H3. The van der Waals surface area contributed by atoms with Crippen LogP contribution in [0.25, 0.3) is 0 Å². The molecule has 1 spiro atoms. The fourth-order valence-corrected chi connectivity index (χ4v) is 3.37. The van der Waals surface area contributed by atoms with E-state index >= 15 is 0 Å². The molecule has 2 atom stereocenters. The molecule has 2 unspecified atom stereocenters. The Bertz CT molecular complexity index is 248. The predicted octanol–water partition coefficient (Wildman–Crippen LogP) is 3.34. The van der Waals surface area contributed by atoms with Gasteiger partial charge in [0.15, 0.2) is 0 Å². The van der Waals surface area contributed by atoms with Gasteiger partial charge in [0.2, 0.25) is 0 Å². The van der Waals surface area contributed by atoms with E-state index in [9.17, 15) is 4.79 Å². The number of ether oxygens (including phenoxy) is 1. The first kappa shape index (κ1) is 12.1. The number of hydrogen-bond acceptors (Lipinski definition) is 2. The van der Waals surface area contributed by atoms with Gasteiger partial charge in [-0.15, -0.1) is 0 Å². The first-order valence-electron chi connectivity index (χ1n) is 6.77. The zero-order valence-corrected chi connectivity index (χ0v) is 10.6. The molecule has 2 heteroatoms. The van der Waals surface area contributed by atoms with Crippen molar-refractivity contribution in [3.63, 3.8) is 0 Å². The Morgan fingerprint density at radius 3 is 2.62 bits per heavy atom. The third kappa shape index (κ3) is 2.48. The minimum Gasteiger partial charge on any atom is -0.375 e. The molecular weight excluding hydrogens is 200 g/mol. The topological polar surface area (TPSA) is 26.3 Å². The summed E-state index contributed by atoms with van der Waals surface area (Å²) in [4.78, 5) is 11.5. The van der Waals surface area contributed by atoms with Crippen LogP contribution in [-0.4, -0.2) is 18.0 Å². The fraction of sp³-hybridized carbons (Fsp3) is 0.929. The van der Waals surface area contributed by atoms with Gasteiger partial charge in [-0.25, -0.2) is 0 Å². The Morgan fingerprint density at radius 1 is 1.31 bits per heavy atom. The summed E-state index contributed by atoms with van der Waals surface area (Å²) in [5.74, 6) is 1.13. The molecule has 92 valence electrons. The third-order valence-electron chi connectivity index (χ3n) is 4.64. The van der Waals surface area contributed by atoms with Gasteiger partial charge in [0.05, 0.1) is 5.60 Å². The monoisotopic (exact) mass is 224 g/mol. The average Bonchev–Trinajstić information content (AvgIpc) is 2.29. The van der Waals surface area contributed by atoms with Crippen molar-refractivity contribution in [2.75, 3.05) is 6.61 Å². The second kappa shape index (κ2) is 4.87. The molecule has 0 aromatic heterocycles. The van der Waals surface area contributed by atoms with Crippen molar-refractivity contribution < 1.29 is 9.53 Å². The van der Waals surface area contributed by atoms with Crippen LogP contribution < -0.4 is 0 Å². The molecule has 2 fully saturated rings. The van der Waals surface area contributed by atoms with Gasteiger partial charge in [0.1, 0.15) is 5.78 Å². The molecule has 1 saturated heterocycles. The first-order valence-corrected chi connectivity index (χ1v) is 6.77. The summed E-state index contributed by atoms with van der Waals surface area (Å²) in [7, 11) is 0. The predicted molar refractivity (Wildman–Crippen MR) is 64.3 cm³/mol. The van der Waals surface area contributed by atoms with E-state index in [1.807, 2.05) is 0 Å². The molecule has 0 N–H and O–H groups in total. The van der Waals surface area contributed by atoms with E-state index in [0.29, 0.717) is 11.7 Å². The van der Waals surface area contributed by atoms with Crippen LogP contribution in [0.1, 0.15) is 58.8 Å². The molecular formula is C14H24O2. The maximum atomic E-state index is 11.5. The van der Waals surface area contributed by atoms with Crippen LogP contribution >= 0.6 is 0 Å². The zero-order valence-electron chi connectivity index (χ0n) is 10.6. The SMILES string of the molecule is CC(=O)C(C)C1CCOC2(CCCCC2)C1. The van der Waals surface area contributed by atoms with Crippen molar-refractivity contribution in [3.05, 3.63) is 0 Å². The van der Waals surface area contributed by atoms with Crippen molar-refractivity contribution in [2.45, 2.75) is 64.4 Å². The first-order chi connectivity index (χ1) is 7.63. The zero-order chi connectivity index (χ0) is 11.6. The van der Waals surface area contributed by atoms with Crippen molar-refractivity contribution in [1.29, 1.82) is 0 Å². The minimum atomic E-state index is 0.144. The van der Waals surface area contributed by atoms with E-state index in [-0.39, 0.29) is 11.5 Å². The second-order valence-electron chi connectivity index (χ2n) is 5.74. The summed E-state index contributed by atoms with van der Waals surface area (Å²) in [5.41, 5.74) is 0.144. The molecule has 1 heterocycles. The number of Topliss-reactive ketones (excluding diaryl/α,β-unsaturated/α-hetero) is 1. The Labute approximate surface area is 98.7 Å². The number of hydrogen-bond donors (Lipinski definition) is 0. The van der Waals surface area contributed by atoms with Crippen LogP contribution in [0.5, 0.6) is 0 Å². The lowest BCUT2D eigenvalue weighted by Gasteiger charge is -2.44. The highest BCUT2D eigenvalue weighted by Gasteiger charge is 2.40. The molecule has 1 saturated carbocycles. The molecule has 0 aromatic carbocycles. The van der Waals surface area contributed by atoms with Crippen molar-refractivity contribution in [1.82, 2.24) is 0 Å². The fourth-order valence-electron chi connectivity index (χ4n) is 3.37. The number of carbonyl (C=O) groups is 1. The summed E-state index contributed by atoms with van der Waals surface area (Å²) in [6.07, 6.45) is 8.60. The van der Waals surface area contributed by atoms with Gasteiger partial charge in [-0.1, -0.05) is 26.2 Å². The van der Waals surface area contributed by atoms with E-state index < -0.39 is 0 Å². The Kier molecular flexibility index (Phi) is 3.68. The summed E-state index contributed by atoms with van der Waals surface area (Å²) < 4.78 is 6.06. The smallest absolute Gasteiger partial charge is 0.132 e. The van der Waals surface area contributed by atoms with Gasteiger partial charge in [0, 0.05) is 12.5 Å². The molecule has 16 heavy (non-hydrogen) atoms. The van der Waals surface area contributed by atoms with Crippen molar-refractivity contribution >= 4 is 5.78 Å². The van der Waals surface area contributed by atoms with Crippen molar-refractivity contribution in [2.24, 2.45) is 11.8 Å². The van der Waals surface area contributed by atoms with E-state index in [2.05, 4.69) is 6.92 Å².